The van der Waals surface area contributed by atoms with Crippen molar-refractivity contribution in [3.8, 4) is 0 Å². The molecule has 1 unspecified atom stereocenters. The maximum Gasteiger partial charge on any atom is 0.305 e. The summed E-state index contributed by atoms with van der Waals surface area (Å²) in [6.45, 7) is 1.72. The number of ether oxygens (including phenoxy) is 1. The standard InChI is InChI=1S/C21H22BrN3O3/c1-13(26)11-19-17(8-9-20(27)28-2)25-21(18-5-3-4-10-23-18)15-12-14(22)6-7-16(15)24-19/h3-7,10,12-13,17,26H,8-9,11H2,1-2H3/t13?,17-/m0/s1. The number of fused-ring (bicyclic) bond motifs is 1. The number of halogens is 1. The van der Waals surface area contributed by atoms with Crippen molar-refractivity contribution in [2.75, 3.05) is 7.11 Å². The van der Waals surface area contributed by atoms with Crippen LogP contribution in [0.25, 0.3) is 0 Å². The van der Waals surface area contributed by atoms with Crippen LogP contribution in [0.2, 0.25) is 0 Å². The number of esters is 1. The molecular formula is C21H22BrN3O3. The van der Waals surface area contributed by atoms with Gasteiger partial charge in [-0.25, -0.2) is 0 Å². The summed E-state index contributed by atoms with van der Waals surface area (Å²) in [6.07, 6.45) is 2.20. The lowest BCUT2D eigenvalue weighted by molar-refractivity contribution is -0.140. The number of hydrogen-bond donors (Lipinski definition) is 1. The minimum absolute atomic E-state index is 0.221. The second kappa shape index (κ2) is 9.21. The van der Waals surface area contributed by atoms with Gasteiger partial charge >= 0.3 is 5.97 Å². The zero-order valence-corrected chi connectivity index (χ0v) is 17.4. The van der Waals surface area contributed by atoms with Gasteiger partial charge in [0.25, 0.3) is 0 Å². The van der Waals surface area contributed by atoms with E-state index in [-0.39, 0.29) is 18.4 Å². The molecule has 0 radical (unpaired) electrons. The molecule has 28 heavy (non-hydrogen) atoms. The van der Waals surface area contributed by atoms with Gasteiger partial charge in [-0.3, -0.25) is 19.8 Å². The zero-order valence-electron chi connectivity index (χ0n) is 15.8. The molecular weight excluding hydrogens is 422 g/mol. The van der Waals surface area contributed by atoms with Crippen LogP contribution in [0.4, 0.5) is 5.69 Å². The van der Waals surface area contributed by atoms with Crippen molar-refractivity contribution >= 4 is 39.0 Å². The molecule has 0 saturated carbocycles. The first-order valence-corrected chi connectivity index (χ1v) is 9.88. The van der Waals surface area contributed by atoms with Crippen molar-refractivity contribution in [1.29, 1.82) is 0 Å². The van der Waals surface area contributed by atoms with E-state index in [2.05, 4.69) is 20.9 Å². The Kier molecular flexibility index (Phi) is 6.70. The number of nitrogens with zero attached hydrogens (tertiary/aromatic N) is 3. The number of aromatic nitrogens is 1. The maximum absolute atomic E-state index is 11.7. The Bertz CT molecular complexity index is 910. The fraction of sp³-hybridized carbons (Fsp3) is 0.333. The second-order valence-electron chi connectivity index (χ2n) is 6.64. The molecule has 7 heteroatoms. The zero-order chi connectivity index (χ0) is 20.1. The third-order valence-electron chi connectivity index (χ3n) is 4.41. The molecule has 0 spiro atoms. The Morgan fingerprint density at radius 1 is 1.32 bits per heavy atom. The number of benzene rings is 1. The largest absolute Gasteiger partial charge is 0.469 e. The number of aliphatic hydroxyl groups excluding tert-OH is 1. The lowest BCUT2D eigenvalue weighted by Gasteiger charge is -2.16. The Morgan fingerprint density at radius 2 is 2.14 bits per heavy atom. The SMILES string of the molecule is COC(=O)CC[C@@H]1N=C(c2ccccn2)c2cc(Br)ccc2N=C1CC(C)O. The van der Waals surface area contributed by atoms with E-state index in [1.54, 1.807) is 13.1 Å². The molecule has 2 aromatic rings. The van der Waals surface area contributed by atoms with E-state index < -0.39 is 6.10 Å². The highest BCUT2D eigenvalue weighted by Crippen LogP contribution is 2.31. The predicted molar refractivity (Wildman–Crippen MR) is 112 cm³/mol. The van der Waals surface area contributed by atoms with E-state index in [0.717, 1.165) is 32.8 Å². The van der Waals surface area contributed by atoms with E-state index in [0.29, 0.717) is 12.8 Å². The summed E-state index contributed by atoms with van der Waals surface area (Å²) in [5.74, 6) is -0.296. The Morgan fingerprint density at radius 3 is 2.82 bits per heavy atom. The number of hydrogen-bond acceptors (Lipinski definition) is 6. The summed E-state index contributed by atoms with van der Waals surface area (Å²) in [7, 11) is 1.37. The van der Waals surface area contributed by atoms with Gasteiger partial charge in [0.2, 0.25) is 0 Å². The fourth-order valence-corrected chi connectivity index (χ4v) is 3.46. The molecule has 0 aliphatic carbocycles. The Balaban J connectivity index is 2.13. The Labute approximate surface area is 172 Å². The van der Waals surface area contributed by atoms with Crippen LogP contribution in [-0.2, 0) is 9.53 Å². The first kappa shape index (κ1) is 20.4. The first-order valence-electron chi connectivity index (χ1n) is 9.09. The van der Waals surface area contributed by atoms with Crippen molar-refractivity contribution in [2.45, 2.75) is 38.3 Å². The molecule has 1 aromatic heterocycles. The molecule has 146 valence electrons. The van der Waals surface area contributed by atoms with Crippen LogP contribution < -0.4 is 0 Å². The summed E-state index contributed by atoms with van der Waals surface area (Å²) in [5.41, 5.74) is 3.82. The summed E-state index contributed by atoms with van der Waals surface area (Å²) < 4.78 is 5.69. The number of aliphatic hydroxyl groups is 1. The van der Waals surface area contributed by atoms with E-state index >= 15 is 0 Å². The van der Waals surface area contributed by atoms with Crippen LogP contribution in [0.1, 0.15) is 37.4 Å². The number of rotatable bonds is 6. The van der Waals surface area contributed by atoms with E-state index in [1.807, 2.05) is 36.4 Å². The molecule has 0 saturated heterocycles. The average Bonchev–Trinajstić information content (AvgIpc) is 2.83. The molecule has 0 fully saturated rings. The normalized spacial score (nSPS) is 17.1. The van der Waals surface area contributed by atoms with Crippen LogP contribution >= 0.6 is 15.9 Å². The molecule has 1 N–H and O–H groups in total. The van der Waals surface area contributed by atoms with Crippen molar-refractivity contribution < 1.29 is 14.6 Å². The summed E-state index contributed by atoms with van der Waals surface area (Å²) >= 11 is 3.52. The summed E-state index contributed by atoms with van der Waals surface area (Å²) in [6, 6.07) is 11.1. The molecule has 2 heterocycles. The second-order valence-corrected chi connectivity index (χ2v) is 7.56. The fourth-order valence-electron chi connectivity index (χ4n) is 3.10. The quantitative estimate of drug-likeness (QED) is 0.686. The van der Waals surface area contributed by atoms with E-state index in [9.17, 15) is 9.90 Å². The Hall–Kier alpha value is -2.38. The van der Waals surface area contributed by atoms with Gasteiger partial charge in [-0.05, 0) is 43.7 Å². The molecule has 0 amide bonds. The minimum atomic E-state index is -0.565. The summed E-state index contributed by atoms with van der Waals surface area (Å²) in [4.78, 5) is 25.9. The van der Waals surface area contributed by atoms with Crippen LogP contribution in [0.3, 0.4) is 0 Å². The smallest absolute Gasteiger partial charge is 0.305 e. The average molecular weight is 444 g/mol. The van der Waals surface area contributed by atoms with Crippen molar-refractivity contribution in [2.24, 2.45) is 9.98 Å². The lowest BCUT2D eigenvalue weighted by atomic mass is 10.0. The van der Waals surface area contributed by atoms with Crippen LogP contribution in [0.15, 0.2) is 57.1 Å². The molecule has 1 aromatic carbocycles. The number of aliphatic imine (C=N–C) groups is 2. The van der Waals surface area contributed by atoms with Gasteiger partial charge < -0.3 is 9.84 Å². The predicted octanol–water partition coefficient (Wildman–Crippen LogP) is 3.86. The highest BCUT2D eigenvalue weighted by Gasteiger charge is 2.25. The van der Waals surface area contributed by atoms with Crippen LogP contribution in [-0.4, -0.2) is 46.7 Å². The third-order valence-corrected chi connectivity index (χ3v) is 4.90. The van der Waals surface area contributed by atoms with Crippen LogP contribution in [0, 0.1) is 0 Å². The van der Waals surface area contributed by atoms with E-state index in [4.69, 9.17) is 14.7 Å². The number of carbonyl (C=O) groups is 1. The van der Waals surface area contributed by atoms with Gasteiger partial charge in [-0.1, -0.05) is 22.0 Å². The summed E-state index contributed by atoms with van der Waals surface area (Å²) in [5, 5.41) is 9.97. The van der Waals surface area contributed by atoms with Crippen molar-refractivity contribution in [3.05, 3.63) is 58.3 Å². The van der Waals surface area contributed by atoms with Crippen molar-refractivity contribution in [1.82, 2.24) is 4.98 Å². The van der Waals surface area contributed by atoms with Gasteiger partial charge in [-0.15, -0.1) is 0 Å². The molecule has 1 aliphatic rings. The van der Waals surface area contributed by atoms with Gasteiger partial charge in [0, 0.05) is 34.8 Å². The monoisotopic (exact) mass is 443 g/mol. The molecule has 6 nitrogen and oxygen atoms in total. The lowest BCUT2D eigenvalue weighted by Crippen LogP contribution is -2.24. The highest BCUT2D eigenvalue weighted by molar-refractivity contribution is 9.10. The number of pyridine rings is 1. The molecule has 3 rings (SSSR count). The van der Waals surface area contributed by atoms with Crippen LogP contribution in [0.5, 0.6) is 0 Å². The van der Waals surface area contributed by atoms with Crippen molar-refractivity contribution in [3.63, 3.8) is 0 Å². The van der Waals surface area contributed by atoms with Gasteiger partial charge in [0.05, 0.1) is 36.3 Å². The molecule has 1 aliphatic heterocycles. The van der Waals surface area contributed by atoms with E-state index in [1.165, 1.54) is 7.11 Å². The number of carbonyl (C=O) groups excluding carboxylic acids is 1. The van der Waals surface area contributed by atoms with Gasteiger partial charge in [0.1, 0.15) is 0 Å². The maximum atomic E-state index is 11.7. The first-order chi connectivity index (χ1) is 13.5. The minimum Gasteiger partial charge on any atom is -0.469 e. The topological polar surface area (TPSA) is 84.1 Å². The highest BCUT2D eigenvalue weighted by atomic mass is 79.9. The molecule has 0 bridgehead atoms. The molecule has 2 atom stereocenters. The number of methoxy groups -OCH3 is 1. The third kappa shape index (κ3) is 4.91. The van der Waals surface area contributed by atoms with Gasteiger partial charge in [-0.2, -0.15) is 0 Å². The van der Waals surface area contributed by atoms with Gasteiger partial charge in [0.15, 0.2) is 0 Å².